The molecule has 2 amide bonds. The van der Waals surface area contributed by atoms with Crippen molar-refractivity contribution in [3.8, 4) is 34.0 Å². The van der Waals surface area contributed by atoms with E-state index in [0.29, 0.717) is 85.6 Å². The average molecular weight is 1040 g/mol. The van der Waals surface area contributed by atoms with Crippen molar-refractivity contribution in [2.75, 3.05) is 64.2 Å². The first-order valence-electron chi connectivity index (χ1n) is 20.5. The number of carbonyl (C=O) groups excluding carboxylic acids is 2. The maximum atomic E-state index is 11.9. The largest absolute Gasteiger partial charge is 0.484 e. The SMILES string of the molecule is CN(C)CCNC(=O)COc1ccc2sc(CNc3nncc(-c4c(Cl)cccc4Cl)n3)nc2c1.O=C(COc1ccc2sc(CNc3nncc(-c4c(Cl)cccc4Cl)n3)nc2c1)NCCO. The van der Waals surface area contributed by atoms with Gasteiger partial charge in [0.25, 0.3) is 11.8 Å². The first-order chi connectivity index (χ1) is 32.9. The minimum absolute atomic E-state index is 0.0480. The van der Waals surface area contributed by atoms with Crippen molar-refractivity contribution in [3.63, 3.8) is 0 Å². The Balaban J connectivity index is 0.000000202. The van der Waals surface area contributed by atoms with Gasteiger partial charge in [-0.05, 0) is 62.6 Å². The van der Waals surface area contributed by atoms with Crippen LogP contribution >= 0.6 is 69.1 Å². The zero-order valence-electron chi connectivity index (χ0n) is 36.2. The van der Waals surface area contributed by atoms with Crippen molar-refractivity contribution in [1.82, 2.24) is 55.9 Å². The summed E-state index contributed by atoms with van der Waals surface area (Å²) in [6, 6.07) is 21.5. The van der Waals surface area contributed by atoms with Crippen molar-refractivity contribution >= 4 is 113 Å². The van der Waals surface area contributed by atoms with E-state index in [0.717, 1.165) is 37.0 Å². The summed E-state index contributed by atoms with van der Waals surface area (Å²) < 4.78 is 13.1. The molecule has 5 N–H and O–H groups in total. The van der Waals surface area contributed by atoms with Crippen LogP contribution in [0.4, 0.5) is 11.9 Å². The van der Waals surface area contributed by atoms with E-state index in [2.05, 4.69) is 61.6 Å². The molecule has 4 aromatic heterocycles. The van der Waals surface area contributed by atoms with Gasteiger partial charge in [-0.25, -0.2) is 19.9 Å². The Kier molecular flexibility index (Phi) is 17.8. The van der Waals surface area contributed by atoms with Gasteiger partial charge in [-0.15, -0.1) is 32.9 Å². The van der Waals surface area contributed by atoms with E-state index in [-0.39, 0.29) is 38.2 Å². The molecule has 0 saturated carbocycles. The van der Waals surface area contributed by atoms with E-state index in [9.17, 15) is 9.59 Å². The standard InChI is InChI=1S/C23H23Cl2N7O2S.C21H18Cl2N6O3S/c1-32(2)9-8-26-20(33)13-34-14-6-7-19-17(10-14)29-21(35-19)12-27-23-30-18(11-28-31-23)22-15(24)4-3-5-16(22)25;22-13-2-1-3-14(23)20(13)16-9-26-29-21(28-16)25-10-19-27-15-8-12(4-5-17(15)33-19)32-11-18(31)24-6-7-30/h3-7,10-11H,8-9,12-13H2,1-2H3,(H,26,33)(H,27,30,31);1-5,8-9,30H,6-7,10-11H2,(H,24,31)(H,25,28,29). The molecule has 24 heteroatoms. The maximum Gasteiger partial charge on any atom is 0.258 e. The second kappa shape index (κ2) is 24.3. The number of ether oxygens (including phenoxy) is 2. The Morgan fingerprint density at radius 2 is 1.07 bits per heavy atom. The highest BCUT2D eigenvalue weighted by Crippen LogP contribution is 2.35. The Morgan fingerprint density at radius 3 is 1.50 bits per heavy atom. The third-order valence-corrected chi connectivity index (χ3v) is 12.5. The van der Waals surface area contributed by atoms with Crippen molar-refractivity contribution < 1.29 is 24.2 Å². The molecular weight excluding hydrogens is 997 g/mol. The van der Waals surface area contributed by atoms with Crippen LogP contribution in [0.3, 0.4) is 0 Å². The number of halogens is 4. The van der Waals surface area contributed by atoms with E-state index < -0.39 is 0 Å². The molecule has 0 saturated heterocycles. The number of nitrogens with zero attached hydrogens (tertiary/aromatic N) is 9. The van der Waals surface area contributed by atoms with Crippen molar-refractivity contribution in [2.45, 2.75) is 13.1 Å². The Hall–Kier alpha value is -6.10. The number of benzene rings is 4. The predicted molar refractivity (Wildman–Crippen MR) is 267 cm³/mol. The van der Waals surface area contributed by atoms with E-state index in [1.54, 1.807) is 48.5 Å². The molecule has 0 aliphatic rings. The molecule has 18 nitrogen and oxygen atoms in total. The van der Waals surface area contributed by atoms with Gasteiger partial charge in [-0.2, -0.15) is 10.2 Å². The summed E-state index contributed by atoms with van der Waals surface area (Å²) in [5, 5.41) is 40.0. The summed E-state index contributed by atoms with van der Waals surface area (Å²) in [4.78, 5) is 43.7. The lowest BCUT2D eigenvalue weighted by molar-refractivity contribution is -0.123. The minimum Gasteiger partial charge on any atom is -0.484 e. The maximum absolute atomic E-state index is 11.9. The Bertz CT molecular complexity index is 2980. The molecule has 0 bridgehead atoms. The molecule has 0 spiro atoms. The number of rotatable bonds is 19. The van der Waals surface area contributed by atoms with Crippen LogP contribution in [-0.2, 0) is 22.7 Å². The van der Waals surface area contributed by atoms with Gasteiger partial charge in [0.05, 0.1) is 84.0 Å². The third kappa shape index (κ3) is 14.0. The topological polar surface area (TPSA) is 227 Å². The summed E-state index contributed by atoms with van der Waals surface area (Å²) in [6.45, 7) is 2.03. The fraction of sp³-hybridized carbons (Fsp3) is 0.227. The molecule has 352 valence electrons. The Morgan fingerprint density at radius 1 is 0.632 bits per heavy atom. The molecule has 8 rings (SSSR count). The highest BCUT2D eigenvalue weighted by atomic mass is 35.5. The molecule has 0 aliphatic heterocycles. The fourth-order valence-electron chi connectivity index (χ4n) is 6.05. The number of thiazole rings is 2. The molecule has 0 atom stereocenters. The quantitative estimate of drug-likeness (QED) is 0.0523. The normalized spacial score (nSPS) is 11.0. The van der Waals surface area contributed by atoms with E-state index in [1.165, 1.54) is 35.1 Å². The van der Waals surface area contributed by atoms with Gasteiger partial charge in [0, 0.05) is 42.9 Å². The van der Waals surface area contributed by atoms with Crippen molar-refractivity contribution in [3.05, 3.63) is 115 Å². The minimum atomic E-state index is -0.304. The number of hydrogen-bond donors (Lipinski definition) is 5. The van der Waals surface area contributed by atoms with Gasteiger partial charge in [0.2, 0.25) is 11.9 Å². The molecule has 0 unspecified atom stereocenters. The number of amides is 2. The molecule has 0 fully saturated rings. The van der Waals surface area contributed by atoms with Crippen LogP contribution in [0.1, 0.15) is 10.0 Å². The number of carbonyl (C=O) groups is 2. The molecule has 4 aromatic carbocycles. The number of nitrogens with one attached hydrogen (secondary N) is 4. The van der Waals surface area contributed by atoms with Gasteiger partial charge >= 0.3 is 0 Å². The average Bonchev–Trinajstić information content (AvgIpc) is 3.94. The highest BCUT2D eigenvalue weighted by Gasteiger charge is 2.15. The van der Waals surface area contributed by atoms with Crippen LogP contribution < -0.4 is 30.7 Å². The number of hydrogen-bond acceptors (Lipinski definition) is 18. The number of anilines is 2. The number of aliphatic hydroxyl groups is 1. The summed E-state index contributed by atoms with van der Waals surface area (Å²) in [6.07, 6.45) is 3.02. The monoisotopic (exact) mass is 1040 g/mol. The second-order valence-corrected chi connectivity index (χ2v) is 18.4. The molecule has 0 aliphatic carbocycles. The van der Waals surface area contributed by atoms with Crippen LogP contribution in [0.15, 0.2) is 85.2 Å². The zero-order valence-corrected chi connectivity index (χ0v) is 40.8. The summed E-state index contributed by atoms with van der Waals surface area (Å²) in [7, 11) is 3.90. The number of aliphatic hydroxyl groups excluding tert-OH is 1. The lowest BCUT2D eigenvalue weighted by Crippen LogP contribution is -2.34. The number of aromatic nitrogens is 8. The third-order valence-electron chi connectivity index (χ3n) is 9.21. The molecule has 4 heterocycles. The van der Waals surface area contributed by atoms with Crippen LogP contribution in [0.5, 0.6) is 11.5 Å². The number of likely N-dealkylation sites (N-methyl/N-ethyl adjacent to an activating group) is 1. The van der Waals surface area contributed by atoms with Gasteiger partial charge in [-0.3, -0.25) is 9.59 Å². The van der Waals surface area contributed by atoms with E-state index in [4.69, 9.17) is 61.0 Å². The molecule has 0 radical (unpaired) electrons. The predicted octanol–water partition coefficient (Wildman–Crippen LogP) is 7.68. The smallest absolute Gasteiger partial charge is 0.258 e. The van der Waals surface area contributed by atoms with E-state index >= 15 is 0 Å². The number of fused-ring (bicyclic) bond motifs is 2. The highest BCUT2D eigenvalue weighted by molar-refractivity contribution is 7.18. The Labute approximate surface area is 417 Å². The summed E-state index contributed by atoms with van der Waals surface area (Å²) in [5.41, 5.74) is 3.77. The van der Waals surface area contributed by atoms with Crippen LogP contribution in [0, 0.1) is 0 Å². The van der Waals surface area contributed by atoms with Crippen LogP contribution in [0.25, 0.3) is 42.9 Å². The van der Waals surface area contributed by atoms with Crippen LogP contribution in [-0.4, -0.2) is 116 Å². The zero-order chi connectivity index (χ0) is 48.0. The first-order valence-corrected chi connectivity index (χ1v) is 23.7. The fourth-order valence-corrected chi connectivity index (χ4v) is 9.00. The second-order valence-electron chi connectivity index (χ2n) is 14.5. The van der Waals surface area contributed by atoms with Gasteiger partial charge < -0.3 is 40.7 Å². The summed E-state index contributed by atoms with van der Waals surface area (Å²) >= 11 is 28.2. The first kappa shape index (κ1) is 49.8. The lowest BCUT2D eigenvalue weighted by Gasteiger charge is -2.11. The molecular formula is C44H41Cl4N13O5S2. The molecule has 68 heavy (non-hydrogen) atoms. The molecule has 8 aromatic rings. The lowest BCUT2D eigenvalue weighted by atomic mass is 10.1. The van der Waals surface area contributed by atoms with Crippen molar-refractivity contribution in [1.29, 1.82) is 0 Å². The van der Waals surface area contributed by atoms with Gasteiger partial charge in [0.15, 0.2) is 13.2 Å². The van der Waals surface area contributed by atoms with Gasteiger partial charge in [0.1, 0.15) is 21.5 Å². The van der Waals surface area contributed by atoms with Crippen LogP contribution in [0.2, 0.25) is 20.1 Å². The van der Waals surface area contributed by atoms with E-state index in [1.807, 2.05) is 43.3 Å². The van der Waals surface area contributed by atoms with Crippen molar-refractivity contribution in [2.24, 2.45) is 0 Å². The summed E-state index contributed by atoms with van der Waals surface area (Å²) in [5.74, 6) is 1.30. The van der Waals surface area contributed by atoms with Gasteiger partial charge in [-0.1, -0.05) is 58.5 Å².